The molecule has 10 heteroatoms. The Morgan fingerprint density at radius 3 is 2.34 bits per heavy atom. The van der Waals surface area contributed by atoms with Gasteiger partial charge in [0.2, 0.25) is 0 Å². The van der Waals surface area contributed by atoms with Crippen molar-refractivity contribution in [2.24, 2.45) is 0 Å². The van der Waals surface area contributed by atoms with Gasteiger partial charge in [0.25, 0.3) is 11.6 Å². The molecule has 9 nitrogen and oxygen atoms in total. The highest BCUT2D eigenvalue weighted by molar-refractivity contribution is 7.15. The van der Waals surface area contributed by atoms with E-state index in [2.05, 4.69) is 5.32 Å². The summed E-state index contributed by atoms with van der Waals surface area (Å²) in [6, 6.07) is 10.4. The summed E-state index contributed by atoms with van der Waals surface area (Å²) in [5, 5.41) is 15.6. The minimum absolute atomic E-state index is 0.124. The molecule has 0 aliphatic rings. The lowest BCUT2D eigenvalue weighted by molar-refractivity contribution is -0.384. The summed E-state index contributed by atoms with van der Waals surface area (Å²) in [5.41, 5.74) is 1.54. The number of nitro groups is 1. The van der Waals surface area contributed by atoms with Crippen LogP contribution in [0.15, 0.2) is 47.8 Å². The lowest BCUT2D eigenvalue weighted by atomic mass is 10.0. The number of rotatable bonds is 8. The highest BCUT2D eigenvalue weighted by Gasteiger charge is 2.24. The molecule has 0 aliphatic heterocycles. The van der Waals surface area contributed by atoms with Crippen LogP contribution in [0.25, 0.3) is 11.1 Å². The van der Waals surface area contributed by atoms with Gasteiger partial charge >= 0.3 is 5.97 Å². The molecule has 1 aromatic heterocycles. The third-order valence-electron chi connectivity index (χ3n) is 4.53. The number of anilines is 1. The molecule has 3 aromatic rings. The largest absolute Gasteiger partial charge is 0.493 e. The molecule has 2 aromatic carbocycles. The third-order valence-corrected chi connectivity index (χ3v) is 5.43. The summed E-state index contributed by atoms with van der Waals surface area (Å²) in [6.45, 7) is 1.85. The van der Waals surface area contributed by atoms with E-state index in [0.29, 0.717) is 27.6 Å². The first kappa shape index (κ1) is 22.8. The van der Waals surface area contributed by atoms with E-state index in [1.165, 1.54) is 49.8 Å². The number of amides is 1. The minimum Gasteiger partial charge on any atom is -0.493 e. The molecule has 0 saturated carbocycles. The second-order valence-corrected chi connectivity index (χ2v) is 7.28. The molecule has 0 saturated heterocycles. The maximum Gasteiger partial charge on any atom is 0.341 e. The minimum atomic E-state index is -0.586. The first-order valence-electron chi connectivity index (χ1n) is 9.46. The van der Waals surface area contributed by atoms with Gasteiger partial charge in [0.05, 0.1) is 25.7 Å². The van der Waals surface area contributed by atoms with Crippen molar-refractivity contribution in [3.8, 4) is 22.6 Å². The van der Waals surface area contributed by atoms with Gasteiger partial charge in [-0.25, -0.2) is 4.79 Å². The van der Waals surface area contributed by atoms with Crippen LogP contribution >= 0.6 is 11.3 Å². The van der Waals surface area contributed by atoms with Crippen molar-refractivity contribution < 1.29 is 28.7 Å². The molecular weight excluding hydrogens is 436 g/mol. The van der Waals surface area contributed by atoms with Crippen LogP contribution in [0.2, 0.25) is 0 Å². The van der Waals surface area contributed by atoms with Gasteiger partial charge in [0, 0.05) is 28.6 Å². The first-order valence-corrected chi connectivity index (χ1v) is 10.3. The molecule has 0 bridgehead atoms. The quantitative estimate of drug-likeness (QED) is 0.295. The van der Waals surface area contributed by atoms with Gasteiger partial charge in [-0.2, -0.15) is 0 Å². The standard InChI is InChI=1S/C22H20N2O7S/c1-4-31-22(26)19-16(14-7-10-17(29-2)18(11-14)30-3)12-32-21(19)23-20(25)13-5-8-15(9-6-13)24(27)28/h5-12H,4H2,1-3H3,(H,23,25). The van der Waals surface area contributed by atoms with Crippen LogP contribution in [0.3, 0.4) is 0 Å². The summed E-state index contributed by atoms with van der Waals surface area (Å²) in [5.74, 6) is -0.0676. The molecular formula is C22H20N2O7S. The number of thiophene rings is 1. The van der Waals surface area contributed by atoms with Gasteiger partial charge in [-0.15, -0.1) is 11.3 Å². The topological polar surface area (TPSA) is 117 Å². The summed E-state index contributed by atoms with van der Waals surface area (Å²) in [4.78, 5) is 35.7. The molecule has 0 aliphatic carbocycles. The van der Waals surface area contributed by atoms with Crippen molar-refractivity contribution in [2.45, 2.75) is 6.92 Å². The summed E-state index contributed by atoms with van der Waals surface area (Å²) >= 11 is 1.17. The summed E-state index contributed by atoms with van der Waals surface area (Å²) in [6.07, 6.45) is 0. The van der Waals surface area contributed by atoms with E-state index < -0.39 is 16.8 Å². The predicted molar refractivity (Wildman–Crippen MR) is 120 cm³/mol. The molecule has 3 rings (SSSR count). The van der Waals surface area contributed by atoms with E-state index in [1.54, 1.807) is 30.5 Å². The van der Waals surface area contributed by atoms with Gasteiger partial charge in [-0.3, -0.25) is 14.9 Å². The fourth-order valence-electron chi connectivity index (χ4n) is 2.98. The Kier molecular flexibility index (Phi) is 7.06. The zero-order chi connectivity index (χ0) is 23.3. The normalized spacial score (nSPS) is 10.3. The van der Waals surface area contributed by atoms with E-state index in [1.807, 2.05) is 0 Å². The zero-order valence-electron chi connectivity index (χ0n) is 17.5. The number of benzene rings is 2. The lowest BCUT2D eigenvalue weighted by Crippen LogP contribution is -2.14. The number of methoxy groups -OCH3 is 2. The predicted octanol–water partition coefficient (Wildman–Crippen LogP) is 4.77. The van der Waals surface area contributed by atoms with Crippen molar-refractivity contribution in [2.75, 3.05) is 26.1 Å². The Bertz CT molecular complexity index is 1160. The number of carbonyl (C=O) groups excluding carboxylic acids is 2. The van der Waals surface area contributed by atoms with Crippen LogP contribution in [0, 0.1) is 10.1 Å². The number of nitro benzene ring substituents is 1. The SMILES string of the molecule is CCOC(=O)c1c(-c2ccc(OC)c(OC)c2)csc1NC(=O)c1ccc([N+](=O)[O-])cc1. The van der Waals surface area contributed by atoms with Gasteiger partial charge < -0.3 is 19.5 Å². The van der Waals surface area contributed by atoms with Gasteiger partial charge in [0.15, 0.2) is 11.5 Å². The number of hydrogen-bond acceptors (Lipinski definition) is 8. The van der Waals surface area contributed by atoms with Crippen LogP contribution < -0.4 is 14.8 Å². The van der Waals surface area contributed by atoms with Gasteiger partial charge in [0.1, 0.15) is 10.6 Å². The fourth-order valence-corrected chi connectivity index (χ4v) is 3.93. The molecule has 32 heavy (non-hydrogen) atoms. The van der Waals surface area contributed by atoms with E-state index >= 15 is 0 Å². The van der Waals surface area contributed by atoms with Gasteiger partial charge in [-0.05, 0) is 36.8 Å². The molecule has 1 amide bonds. The second kappa shape index (κ2) is 9.92. The van der Waals surface area contributed by atoms with Gasteiger partial charge in [-0.1, -0.05) is 6.07 Å². The fraction of sp³-hybridized carbons (Fsp3) is 0.182. The lowest BCUT2D eigenvalue weighted by Gasteiger charge is -2.11. The molecule has 0 spiro atoms. The molecule has 1 N–H and O–H groups in total. The van der Waals surface area contributed by atoms with E-state index in [4.69, 9.17) is 14.2 Å². The average Bonchev–Trinajstić information content (AvgIpc) is 3.22. The van der Waals surface area contributed by atoms with Crippen molar-refractivity contribution in [3.63, 3.8) is 0 Å². The number of hydrogen-bond donors (Lipinski definition) is 1. The van der Waals surface area contributed by atoms with E-state index in [9.17, 15) is 19.7 Å². The van der Waals surface area contributed by atoms with Crippen LogP contribution in [-0.2, 0) is 4.74 Å². The highest BCUT2D eigenvalue weighted by atomic mass is 32.1. The molecule has 166 valence electrons. The van der Waals surface area contributed by atoms with E-state index in [-0.39, 0.29) is 23.4 Å². The Morgan fingerprint density at radius 2 is 1.75 bits per heavy atom. The molecule has 0 fully saturated rings. The number of ether oxygens (including phenoxy) is 3. The Labute approximate surface area is 187 Å². The number of nitrogens with zero attached hydrogens (tertiary/aromatic N) is 1. The van der Waals surface area contributed by atoms with Crippen molar-refractivity contribution in [1.29, 1.82) is 0 Å². The van der Waals surface area contributed by atoms with Crippen molar-refractivity contribution in [1.82, 2.24) is 0 Å². The Balaban J connectivity index is 1.98. The van der Waals surface area contributed by atoms with Crippen molar-refractivity contribution in [3.05, 3.63) is 69.1 Å². The molecule has 1 heterocycles. The molecule has 0 radical (unpaired) electrons. The zero-order valence-corrected chi connectivity index (χ0v) is 18.4. The maximum atomic E-state index is 12.7. The van der Waals surface area contributed by atoms with Crippen LogP contribution in [0.1, 0.15) is 27.6 Å². The average molecular weight is 456 g/mol. The molecule has 0 atom stereocenters. The summed E-state index contributed by atoms with van der Waals surface area (Å²) < 4.78 is 15.8. The maximum absolute atomic E-state index is 12.7. The number of esters is 1. The van der Waals surface area contributed by atoms with Crippen molar-refractivity contribution >= 4 is 33.9 Å². The number of nitrogens with one attached hydrogen (secondary N) is 1. The number of non-ortho nitro benzene ring substituents is 1. The van der Waals surface area contributed by atoms with E-state index in [0.717, 1.165) is 0 Å². The van der Waals surface area contributed by atoms with Crippen LogP contribution in [0.5, 0.6) is 11.5 Å². The highest BCUT2D eigenvalue weighted by Crippen LogP contribution is 2.39. The van der Waals surface area contributed by atoms with Crippen LogP contribution in [-0.4, -0.2) is 37.6 Å². The number of carbonyl (C=O) groups is 2. The smallest absolute Gasteiger partial charge is 0.341 e. The second-order valence-electron chi connectivity index (χ2n) is 6.40. The third kappa shape index (κ3) is 4.70. The summed E-state index contributed by atoms with van der Waals surface area (Å²) in [7, 11) is 3.04. The monoisotopic (exact) mass is 456 g/mol. The Hall–Kier alpha value is -3.92. The first-order chi connectivity index (χ1) is 15.4. The molecule has 0 unspecified atom stereocenters. The Morgan fingerprint density at radius 1 is 1.06 bits per heavy atom. The van der Waals surface area contributed by atoms with Crippen LogP contribution in [0.4, 0.5) is 10.7 Å².